The molecular formula is C23H31N3O5. The summed E-state index contributed by atoms with van der Waals surface area (Å²) in [7, 11) is 0. The molecule has 1 saturated heterocycles. The van der Waals surface area contributed by atoms with E-state index >= 15 is 0 Å². The summed E-state index contributed by atoms with van der Waals surface area (Å²) in [5, 5.41) is 15.8. The fourth-order valence-electron chi connectivity index (χ4n) is 4.65. The Hall–Kier alpha value is -2.45. The van der Waals surface area contributed by atoms with Gasteiger partial charge in [-0.2, -0.15) is 0 Å². The number of imide groups is 1. The Morgan fingerprint density at radius 3 is 2.71 bits per heavy atom. The summed E-state index contributed by atoms with van der Waals surface area (Å²) in [4.78, 5) is 38.0. The lowest BCUT2D eigenvalue weighted by Crippen LogP contribution is -2.52. The van der Waals surface area contributed by atoms with Gasteiger partial charge >= 0.3 is 0 Å². The van der Waals surface area contributed by atoms with Gasteiger partial charge in [0.2, 0.25) is 11.8 Å². The van der Waals surface area contributed by atoms with Crippen molar-refractivity contribution in [2.24, 2.45) is 0 Å². The summed E-state index contributed by atoms with van der Waals surface area (Å²) < 4.78 is 6.31. The van der Waals surface area contributed by atoms with Gasteiger partial charge in [-0.3, -0.25) is 19.7 Å². The monoisotopic (exact) mass is 429 g/mol. The molecule has 2 heterocycles. The Kier molecular flexibility index (Phi) is 6.03. The lowest BCUT2D eigenvalue weighted by atomic mass is 9.91. The number of fused-ring (bicyclic) bond motifs is 1. The zero-order valence-electron chi connectivity index (χ0n) is 18.1. The van der Waals surface area contributed by atoms with E-state index in [-0.39, 0.29) is 30.4 Å². The topological polar surface area (TPSA) is 108 Å². The number of ether oxygens (including phenoxy) is 1. The summed E-state index contributed by atoms with van der Waals surface area (Å²) in [6.45, 7) is 4.40. The van der Waals surface area contributed by atoms with Crippen LogP contribution in [0, 0.1) is 0 Å². The molecule has 2 fully saturated rings. The molecule has 0 bridgehead atoms. The van der Waals surface area contributed by atoms with Gasteiger partial charge in [-0.05, 0) is 63.3 Å². The lowest BCUT2D eigenvalue weighted by molar-refractivity contribution is -0.136. The fraction of sp³-hybridized carbons (Fsp3) is 0.609. The van der Waals surface area contributed by atoms with Gasteiger partial charge in [0, 0.05) is 31.1 Å². The summed E-state index contributed by atoms with van der Waals surface area (Å²) in [5.74, 6) is -0.171. The van der Waals surface area contributed by atoms with Crippen LogP contribution in [0.4, 0.5) is 0 Å². The molecule has 2 aliphatic heterocycles. The molecule has 8 nitrogen and oxygen atoms in total. The lowest BCUT2D eigenvalue weighted by Gasteiger charge is -2.34. The number of carbonyl (C=O) groups excluding carboxylic acids is 3. The van der Waals surface area contributed by atoms with Gasteiger partial charge < -0.3 is 20.1 Å². The highest BCUT2D eigenvalue weighted by Gasteiger charge is 2.39. The van der Waals surface area contributed by atoms with Gasteiger partial charge in [0.25, 0.3) is 5.91 Å². The molecule has 3 N–H and O–H groups in total. The van der Waals surface area contributed by atoms with Crippen molar-refractivity contribution in [3.8, 4) is 5.75 Å². The van der Waals surface area contributed by atoms with Crippen molar-refractivity contribution in [3.05, 3.63) is 29.3 Å². The fourth-order valence-corrected chi connectivity index (χ4v) is 4.65. The van der Waals surface area contributed by atoms with Crippen LogP contribution in [0.2, 0.25) is 0 Å². The molecule has 3 unspecified atom stereocenters. The molecule has 3 aliphatic rings. The molecule has 168 valence electrons. The van der Waals surface area contributed by atoms with Crippen LogP contribution in [0.15, 0.2) is 18.2 Å². The standard InChI is InChI=1S/C23H31N3O5/c1-23(2,30)13-24-17-5-3-4-6-19(17)31-15-7-8-16-14(11-15)12-26(22(16)29)18-9-10-20(27)25-21(18)28/h7-8,11,17-19,24,30H,3-6,9-10,12-13H2,1-2H3,(H,25,27,28). The van der Waals surface area contributed by atoms with Crippen LogP contribution in [0.25, 0.3) is 0 Å². The first-order chi connectivity index (χ1) is 14.7. The summed E-state index contributed by atoms with van der Waals surface area (Å²) in [6.07, 6.45) is 4.74. The van der Waals surface area contributed by atoms with Gasteiger partial charge in [-0.15, -0.1) is 0 Å². The number of rotatable bonds is 6. The number of piperidine rings is 1. The van der Waals surface area contributed by atoms with Crippen molar-refractivity contribution in [2.75, 3.05) is 6.54 Å². The van der Waals surface area contributed by atoms with Crippen LogP contribution in [-0.2, 0) is 16.1 Å². The van der Waals surface area contributed by atoms with E-state index in [1.807, 2.05) is 12.1 Å². The van der Waals surface area contributed by atoms with E-state index in [1.54, 1.807) is 24.8 Å². The zero-order chi connectivity index (χ0) is 22.2. The molecule has 31 heavy (non-hydrogen) atoms. The third kappa shape index (κ3) is 4.91. The maximum absolute atomic E-state index is 12.8. The van der Waals surface area contributed by atoms with Crippen LogP contribution in [0.1, 0.15) is 68.3 Å². The Morgan fingerprint density at radius 1 is 1.19 bits per heavy atom. The van der Waals surface area contributed by atoms with E-state index in [1.165, 1.54) is 0 Å². The van der Waals surface area contributed by atoms with Crippen molar-refractivity contribution in [1.82, 2.24) is 15.5 Å². The Morgan fingerprint density at radius 2 is 1.97 bits per heavy atom. The molecule has 3 atom stereocenters. The highest BCUT2D eigenvalue weighted by Crippen LogP contribution is 2.32. The molecule has 1 aromatic carbocycles. The number of hydrogen-bond donors (Lipinski definition) is 3. The molecule has 0 spiro atoms. The molecule has 0 radical (unpaired) electrons. The number of benzene rings is 1. The Bertz CT molecular complexity index is 878. The summed E-state index contributed by atoms with van der Waals surface area (Å²) in [6, 6.07) is 5.01. The number of carbonyl (C=O) groups is 3. The minimum Gasteiger partial charge on any atom is -0.489 e. The third-order valence-corrected chi connectivity index (χ3v) is 6.28. The molecule has 4 rings (SSSR count). The molecule has 1 aromatic rings. The number of hydrogen-bond acceptors (Lipinski definition) is 6. The Labute approximate surface area is 182 Å². The number of aliphatic hydroxyl groups is 1. The first-order valence-corrected chi connectivity index (χ1v) is 11.1. The van der Waals surface area contributed by atoms with Crippen molar-refractivity contribution >= 4 is 17.7 Å². The highest BCUT2D eigenvalue weighted by atomic mass is 16.5. The van der Waals surface area contributed by atoms with E-state index < -0.39 is 17.6 Å². The number of nitrogens with zero attached hydrogens (tertiary/aromatic N) is 1. The maximum Gasteiger partial charge on any atom is 0.255 e. The van der Waals surface area contributed by atoms with Crippen LogP contribution in [-0.4, -0.2) is 58.1 Å². The van der Waals surface area contributed by atoms with Crippen molar-refractivity contribution in [1.29, 1.82) is 0 Å². The van der Waals surface area contributed by atoms with Gasteiger partial charge in [0.05, 0.1) is 5.60 Å². The predicted molar refractivity (Wildman–Crippen MR) is 113 cm³/mol. The predicted octanol–water partition coefficient (Wildman–Crippen LogP) is 1.50. The Balaban J connectivity index is 1.44. The second kappa shape index (κ2) is 8.59. The van der Waals surface area contributed by atoms with Crippen molar-refractivity contribution in [2.45, 2.75) is 82.7 Å². The molecular weight excluding hydrogens is 398 g/mol. The maximum atomic E-state index is 12.8. The summed E-state index contributed by atoms with van der Waals surface area (Å²) in [5.41, 5.74) is 0.636. The first kappa shape index (κ1) is 21.8. The third-order valence-electron chi connectivity index (χ3n) is 6.28. The van der Waals surface area contributed by atoms with Crippen LogP contribution in [0.5, 0.6) is 5.75 Å². The minimum atomic E-state index is -0.782. The van der Waals surface area contributed by atoms with Crippen LogP contribution < -0.4 is 15.4 Å². The average Bonchev–Trinajstić information content (AvgIpc) is 3.02. The molecule has 0 aromatic heterocycles. The van der Waals surface area contributed by atoms with Gasteiger partial charge in [0.15, 0.2) is 0 Å². The van der Waals surface area contributed by atoms with E-state index in [2.05, 4.69) is 10.6 Å². The normalized spacial score (nSPS) is 26.6. The quantitative estimate of drug-likeness (QED) is 0.592. The summed E-state index contributed by atoms with van der Waals surface area (Å²) >= 11 is 0. The van der Waals surface area contributed by atoms with Gasteiger partial charge in [0.1, 0.15) is 17.9 Å². The van der Waals surface area contributed by atoms with E-state index in [0.717, 1.165) is 31.2 Å². The number of nitrogens with one attached hydrogen (secondary N) is 2. The average molecular weight is 430 g/mol. The van der Waals surface area contributed by atoms with Crippen molar-refractivity contribution < 1.29 is 24.2 Å². The molecule has 8 heteroatoms. The number of amides is 3. The first-order valence-electron chi connectivity index (χ1n) is 11.1. The van der Waals surface area contributed by atoms with Crippen LogP contribution >= 0.6 is 0 Å². The van der Waals surface area contributed by atoms with Crippen molar-refractivity contribution in [3.63, 3.8) is 0 Å². The van der Waals surface area contributed by atoms with E-state index in [4.69, 9.17) is 4.74 Å². The minimum absolute atomic E-state index is 0.00232. The van der Waals surface area contributed by atoms with E-state index in [0.29, 0.717) is 30.8 Å². The SMILES string of the molecule is CC(C)(O)CNC1CCCCC1Oc1ccc2c(c1)CN(C1CCC(=O)NC1=O)C2=O. The molecule has 3 amide bonds. The van der Waals surface area contributed by atoms with Gasteiger partial charge in [-0.1, -0.05) is 6.42 Å². The highest BCUT2D eigenvalue weighted by molar-refractivity contribution is 6.05. The zero-order valence-corrected chi connectivity index (χ0v) is 18.1. The van der Waals surface area contributed by atoms with Crippen LogP contribution in [0.3, 0.4) is 0 Å². The second-order valence-corrected chi connectivity index (χ2v) is 9.46. The van der Waals surface area contributed by atoms with E-state index in [9.17, 15) is 19.5 Å². The molecule has 1 saturated carbocycles. The van der Waals surface area contributed by atoms with Gasteiger partial charge in [-0.25, -0.2) is 0 Å². The molecule has 1 aliphatic carbocycles. The smallest absolute Gasteiger partial charge is 0.255 e. The largest absolute Gasteiger partial charge is 0.489 e. The second-order valence-electron chi connectivity index (χ2n) is 9.46.